The summed E-state index contributed by atoms with van der Waals surface area (Å²) in [4.78, 5) is 24.1. The molecule has 1 aliphatic carbocycles. The Kier molecular flexibility index (Phi) is 5.98. The van der Waals surface area contributed by atoms with E-state index in [1.54, 1.807) is 42.7 Å². The van der Waals surface area contributed by atoms with Crippen LogP contribution in [0, 0.1) is 0 Å². The Morgan fingerprint density at radius 2 is 1.70 bits per heavy atom. The van der Waals surface area contributed by atoms with Crippen molar-refractivity contribution in [2.24, 2.45) is 0 Å². The number of hydrogen-bond donors (Lipinski definition) is 3. The van der Waals surface area contributed by atoms with Gasteiger partial charge in [-0.3, -0.25) is 4.79 Å². The molecule has 1 heterocycles. The lowest BCUT2D eigenvalue weighted by Gasteiger charge is -2.10. The molecular weight excluding hydrogens is 382 g/mol. The normalized spacial score (nSPS) is 12.1. The number of anilines is 2. The summed E-state index contributed by atoms with van der Waals surface area (Å²) in [6, 6.07) is 16.1. The first kappa shape index (κ1) is 19.6. The average Bonchev–Trinajstić information content (AvgIpc) is 3.43. The van der Waals surface area contributed by atoms with E-state index in [-0.39, 0.29) is 18.5 Å². The van der Waals surface area contributed by atoms with Crippen LogP contribution in [0.3, 0.4) is 0 Å². The number of ether oxygens (including phenoxy) is 1. The van der Waals surface area contributed by atoms with Gasteiger partial charge in [0, 0.05) is 11.4 Å². The third-order valence-corrected chi connectivity index (χ3v) is 4.87. The molecule has 2 aromatic carbocycles. The maximum absolute atomic E-state index is 12.2. The van der Waals surface area contributed by atoms with E-state index < -0.39 is 0 Å². The highest BCUT2D eigenvalue weighted by atomic mass is 16.5. The van der Waals surface area contributed by atoms with Gasteiger partial charge in [0.1, 0.15) is 11.5 Å². The number of carbonyl (C=O) groups excluding carboxylic acids is 2. The van der Waals surface area contributed by atoms with E-state index in [4.69, 9.17) is 9.15 Å². The van der Waals surface area contributed by atoms with Crippen LogP contribution in [0.4, 0.5) is 16.2 Å². The van der Waals surface area contributed by atoms with Crippen LogP contribution in [-0.4, -0.2) is 18.5 Å². The van der Waals surface area contributed by atoms with Crippen LogP contribution in [-0.2, 0) is 24.2 Å². The lowest BCUT2D eigenvalue weighted by molar-refractivity contribution is -0.118. The third kappa shape index (κ3) is 5.20. The molecule has 1 aromatic heterocycles. The first-order valence-corrected chi connectivity index (χ1v) is 9.87. The lowest BCUT2D eigenvalue weighted by Crippen LogP contribution is -2.28. The largest absolute Gasteiger partial charge is 0.484 e. The second kappa shape index (κ2) is 9.17. The van der Waals surface area contributed by atoms with Gasteiger partial charge in [0.25, 0.3) is 5.91 Å². The number of rotatable bonds is 7. The Bertz CT molecular complexity index is 1010. The van der Waals surface area contributed by atoms with Crippen molar-refractivity contribution < 1.29 is 18.7 Å². The molecule has 0 bridgehead atoms. The van der Waals surface area contributed by atoms with Gasteiger partial charge in [0.15, 0.2) is 6.61 Å². The van der Waals surface area contributed by atoms with Gasteiger partial charge in [-0.15, -0.1) is 0 Å². The summed E-state index contributed by atoms with van der Waals surface area (Å²) in [6.45, 7) is 0.241. The molecule has 0 fully saturated rings. The molecule has 3 N–H and O–H groups in total. The fourth-order valence-electron chi connectivity index (χ4n) is 3.38. The van der Waals surface area contributed by atoms with Crippen molar-refractivity contribution in [2.45, 2.75) is 25.8 Å². The number of amides is 3. The van der Waals surface area contributed by atoms with E-state index in [0.717, 1.165) is 12.8 Å². The van der Waals surface area contributed by atoms with Crippen LogP contribution in [0.15, 0.2) is 65.3 Å². The molecule has 0 unspecified atom stereocenters. The van der Waals surface area contributed by atoms with Crippen LogP contribution in [0.1, 0.15) is 23.3 Å². The number of furan rings is 1. The number of nitrogens with one attached hydrogen (secondary N) is 3. The van der Waals surface area contributed by atoms with Gasteiger partial charge in [-0.1, -0.05) is 6.07 Å². The number of urea groups is 1. The number of carbonyl (C=O) groups is 2. The van der Waals surface area contributed by atoms with E-state index in [0.29, 0.717) is 29.4 Å². The molecule has 3 amide bonds. The van der Waals surface area contributed by atoms with Crippen molar-refractivity contribution in [1.82, 2.24) is 5.32 Å². The third-order valence-electron chi connectivity index (χ3n) is 4.87. The molecule has 0 atom stereocenters. The van der Waals surface area contributed by atoms with Gasteiger partial charge >= 0.3 is 6.03 Å². The minimum absolute atomic E-state index is 0.0615. The molecule has 4 rings (SSSR count). The highest BCUT2D eigenvalue weighted by Gasteiger charge is 2.12. The van der Waals surface area contributed by atoms with E-state index in [2.05, 4.69) is 22.0 Å². The van der Waals surface area contributed by atoms with Crippen molar-refractivity contribution in [3.63, 3.8) is 0 Å². The van der Waals surface area contributed by atoms with E-state index in [9.17, 15) is 9.59 Å². The summed E-state index contributed by atoms with van der Waals surface area (Å²) in [7, 11) is 0. The Labute approximate surface area is 174 Å². The van der Waals surface area contributed by atoms with Crippen molar-refractivity contribution in [3.05, 3.63) is 77.7 Å². The van der Waals surface area contributed by atoms with E-state index in [1.165, 1.54) is 17.5 Å². The van der Waals surface area contributed by atoms with Gasteiger partial charge in [-0.05, 0) is 78.9 Å². The monoisotopic (exact) mass is 405 g/mol. The Morgan fingerprint density at radius 1 is 0.933 bits per heavy atom. The smallest absolute Gasteiger partial charge is 0.319 e. The highest BCUT2D eigenvalue weighted by Crippen LogP contribution is 2.26. The van der Waals surface area contributed by atoms with Gasteiger partial charge < -0.3 is 25.1 Å². The van der Waals surface area contributed by atoms with Crippen molar-refractivity contribution in [1.29, 1.82) is 0 Å². The molecule has 0 spiro atoms. The SMILES string of the molecule is O=C(COc1ccc2c(c1)CCC2)Nc1ccc(NC(=O)NCc2ccco2)cc1. The van der Waals surface area contributed by atoms with Gasteiger partial charge in [-0.25, -0.2) is 4.79 Å². The van der Waals surface area contributed by atoms with Crippen molar-refractivity contribution in [2.75, 3.05) is 17.2 Å². The standard InChI is InChI=1S/C23H23N3O4/c27-22(15-30-20-11-6-16-3-1-4-17(16)13-20)25-18-7-9-19(10-8-18)26-23(28)24-14-21-5-2-12-29-21/h2,5-13H,1,3-4,14-15H2,(H,25,27)(H2,24,26,28). The summed E-state index contributed by atoms with van der Waals surface area (Å²) in [5.74, 6) is 1.14. The van der Waals surface area contributed by atoms with Crippen molar-refractivity contribution >= 4 is 23.3 Å². The first-order chi connectivity index (χ1) is 14.7. The zero-order valence-electron chi connectivity index (χ0n) is 16.4. The summed E-state index contributed by atoms with van der Waals surface area (Å²) >= 11 is 0. The minimum atomic E-state index is -0.342. The Morgan fingerprint density at radius 3 is 2.47 bits per heavy atom. The zero-order valence-corrected chi connectivity index (χ0v) is 16.4. The summed E-state index contributed by atoms with van der Waals surface area (Å²) in [5, 5.41) is 8.20. The van der Waals surface area contributed by atoms with E-state index in [1.807, 2.05) is 12.1 Å². The molecule has 30 heavy (non-hydrogen) atoms. The van der Waals surface area contributed by atoms with Gasteiger partial charge in [0.2, 0.25) is 0 Å². The van der Waals surface area contributed by atoms with Crippen LogP contribution < -0.4 is 20.7 Å². The first-order valence-electron chi connectivity index (χ1n) is 9.87. The van der Waals surface area contributed by atoms with Gasteiger partial charge in [0.05, 0.1) is 12.8 Å². The predicted molar refractivity (Wildman–Crippen MR) is 114 cm³/mol. The second-order valence-corrected chi connectivity index (χ2v) is 7.09. The molecule has 7 nitrogen and oxygen atoms in total. The highest BCUT2D eigenvalue weighted by molar-refractivity contribution is 5.93. The number of benzene rings is 2. The second-order valence-electron chi connectivity index (χ2n) is 7.09. The van der Waals surface area contributed by atoms with Crippen LogP contribution >= 0.6 is 0 Å². The molecule has 3 aromatic rings. The molecule has 0 radical (unpaired) electrons. The zero-order chi connectivity index (χ0) is 20.8. The van der Waals surface area contributed by atoms with Crippen LogP contribution in [0.25, 0.3) is 0 Å². The maximum atomic E-state index is 12.2. The van der Waals surface area contributed by atoms with E-state index >= 15 is 0 Å². The topological polar surface area (TPSA) is 92.6 Å². The van der Waals surface area contributed by atoms with Crippen LogP contribution in [0.5, 0.6) is 5.75 Å². The molecule has 0 saturated carbocycles. The molecular formula is C23H23N3O4. The minimum Gasteiger partial charge on any atom is -0.484 e. The summed E-state index contributed by atoms with van der Waals surface area (Å²) in [6.07, 6.45) is 4.92. The number of hydrogen-bond acceptors (Lipinski definition) is 4. The molecule has 0 aliphatic heterocycles. The van der Waals surface area contributed by atoms with Gasteiger partial charge in [-0.2, -0.15) is 0 Å². The number of aryl methyl sites for hydroxylation is 2. The predicted octanol–water partition coefficient (Wildman–Crippen LogP) is 4.11. The summed E-state index contributed by atoms with van der Waals surface area (Å²) in [5.41, 5.74) is 3.91. The van der Waals surface area contributed by atoms with Crippen LogP contribution in [0.2, 0.25) is 0 Å². The Balaban J connectivity index is 1.21. The maximum Gasteiger partial charge on any atom is 0.319 e. The molecule has 7 heteroatoms. The Hall–Kier alpha value is -3.74. The quantitative estimate of drug-likeness (QED) is 0.552. The number of fused-ring (bicyclic) bond motifs is 1. The lowest BCUT2D eigenvalue weighted by atomic mass is 10.1. The molecule has 0 saturated heterocycles. The average molecular weight is 405 g/mol. The molecule has 154 valence electrons. The van der Waals surface area contributed by atoms with Crippen molar-refractivity contribution in [3.8, 4) is 5.75 Å². The fourth-order valence-corrected chi connectivity index (χ4v) is 3.38. The summed E-state index contributed by atoms with van der Waals surface area (Å²) < 4.78 is 10.8. The molecule has 1 aliphatic rings. The fraction of sp³-hybridized carbons (Fsp3) is 0.217.